The van der Waals surface area contributed by atoms with E-state index in [-0.39, 0.29) is 12.6 Å². The third-order valence-corrected chi connectivity index (χ3v) is 4.81. The van der Waals surface area contributed by atoms with Crippen molar-refractivity contribution in [1.82, 2.24) is 20.0 Å². The summed E-state index contributed by atoms with van der Waals surface area (Å²) in [7, 11) is 1.61. The Balaban J connectivity index is 1.36. The standard InChI is InChI=1S/C21H18BrN5O3/c1-29-17-6-2-14(3-7-17)19-10-20(26-25-19)21(28)24-16-11-23-27(12-16)13-30-18-8-4-15(22)5-9-18/h2-12H,13H2,1H3,(H,24,28)(H,25,26). The zero-order valence-electron chi connectivity index (χ0n) is 16.0. The summed E-state index contributed by atoms with van der Waals surface area (Å²) in [4.78, 5) is 12.5. The molecule has 0 aliphatic heterocycles. The predicted octanol–water partition coefficient (Wildman–Crippen LogP) is 4.33. The van der Waals surface area contributed by atoms with E-state index < -0.39 is 0 Å². The molecule has 2 N–H and O–H groups in total. The van der Waals surface area contributed by atoms with Crippen molar-refractivity contribution >= 4 is 27.5 Å². The van der Waals surface area contributed by atoms with Crippen molar-refractivity contribution in [3.8, 4) is 22.8 Å². The molecule has 0 fully saturated rings. The Morgan fingerprint density at radius 1 is 1.13 bits per heavy atom. The Kier molecular flexibility index (Phi) is 5.80. The lowest BCUT2D eigenvalue weighted by Gasteiger charge is -2.05. The molecule has 8 nitrogen and oxygen atoms in total. The van der Waals surface area contributed by atoms with Gasteiger partial charge in [-0.05, 0) is 54.6 Å². The molecule has 0 atom stereocenters. The third kappa shape index (κ3) is 4.69. The molecule has 2 aromatic carbocycles. The number of aromatic amines is 1. The number of rotatable bonds is 7. The highest BCUT2D eigenvalue weighted by Gasteiger charge is 2.12. The topological polar surface area (TPSA) is 94.1 Å². The highest BCUT2D eigenvalue weighted by atomic mass is 79.9. The first-order valence-corrected chi connectivity index (χ1v) is 9.82. The van der Waals surface area contributed by atoms with Gasteiger partial charge in [0.2, 0.25) is 0 Å². The fraction of sp³-hybridized carbons (Fsp3) is 0.0952. The Morgan fingerprint density at radius 3 is 2.60 bits per heavy atom. The molecule has 9 heteroatoms. The first-order valence-electron chi connectivity index (χ1n) is 9.03. The number of carbonyl (C=O) groups excluding carboxylic acids is 1. The number of benzene rings is 2. The number of aromatic nitrogens is 4. The van der Waals surface area contributed by atoms with E-state index in [1.807, 2.05) is 48.5 Å². The van der Waals surface area contributed by atoms with Crippen LogP contribution in [0.1, 0.15) is 10.5 Å². The lowest BCUT2D eigenvalue weighted by molar-refractivity contribution is 0.102. The van der Waals surface area contributed by atoms with E-state index in [0.717, 1.165) is 21.5 Å². The van der Waals surface area contributed by atoms with Crippen LogP contribution in [0.3, 0.4) is 0 Å². The molecule has 0 aliphatic rings. The Hall–Kier alpha value is -3.59. The predicted molar refractivity (Wildman–Crippen MR) is 116 cm³/mol. The highest BCUT2D eigenvalue weighted by Crippen LogP contribution is 2.21. The number of methoxy groups -OCH3 is 1. The molecule has 0 saturated carbocycles. The molecular formula is C21H18BrN5O3. The number of carbonyl (C=O) groups is 1. The van der Waals surface area contributed by atoms with Crippen LogP contribution in [-0.4, -0.2) is 33.0 Å². The van der Waals surface area contributed by atoms with Gasteiger partial charge in [-0.1, -0.05) is 15.9 Å². The second-order valence-corrected chi connectivity index (χ2v) is 7.26. The van der Waals surface area contributed by atoms with Gasteiger partial charge in [0.05, 0.1) is 30.9 Å². The van der Waals surface area contributed by atoms with Gasteiger partial charge in [-0.25, -0.2) is 4.68 Å². The summed E-state index contributed by atoms with van der Waals surface area (Å²) in [6, 6.07) is 16.6. The number of nitrogens with one attached hydrogen (secondary N) is 2. The lowest BCUT2D eigenvalue weighted by Crippen LogP contribution is -2.12. The number of amides is 1. The number of halogens is 1. The van der Waals surface area contributed by atoms with Crippen LogP contribution in [0.4, 0.5) is 5.69 Å². The number of anilines is 1. The minimum Gasteiger partial charge on any atom is -0.497 e. The van der Waals surface area contributed by atoms with Crippen LogP contribution >= 0.6 is 15.9 Å². The number of hydrogen-bond acceptors (Lipinski definition) is 5. The summed E-state index contributed by atoms with van der Waals surface area (Å²) in [6.07, 6.45) is 3.25. The van der Waals surface area contributed by atoms with Gasteiger partial charge in [0.15, 0.2) is 6.73 Å². The van der Waals surface area contributed by atoms with Gasteiger partial charge in [-0.15, -0.1) is 0 Å². The van der Waals surface area contributed by atoms with Crippen LogP contribution in [0.25, 0.3) is 11.3 Å². The second kappa shape index (κ2) is 8.83. The minimum absolute atomic E-state index is 0.225. The van der Waals surface area contributed by atoms with E-state index in [1.165, 1.54) is 0 Å². The van der Waals surface area contributed by atoms with Gasteiger partial charge in [-0.3, -0.25) is 9.89 Å². The van der Waals surface area contributed by atoms with Crippen molar-refractivity contribution in [2.24, 2.45) is 0 Å². The van der Waals surface area contributed by atoms with Gasteiger partial charge in [0, 0.05) is 10.0 Å². The molecule has 1 amide bonds. The van der Waals surface area contributed by atoms with Crippen LogP contribution < -0.4 is 14.8 Å². The van der Waals surface area contributed by atoms with Gasteiger partial charge in [0.1, 0.15) is 17.2 Å². The summed E-state index contributed by atoms with van der Waals surface area (Å²) in [6.45, 7) is 0.225. The Labute approximate surface area is 181 Å². The van der Waals surface area contributed by atoms with Crippen LogP contribution in [-0.2, 0) is 6.73 Å². The normalized spacial score (nSPS) is 10.6. The summed E-state index contributed by atoms with van der Waals surface area (Å²) < 4.78 is 13.4. The maximum absolute atomic E-state index is 12.5. The zero-order valence-corrected chi connectivity index (χ0v) is 17.6. The number of ether oxygens (including phenoxy) is 2. The van der Waals surface area contributed by atoms with Crippen molar-refractivity contribution in [3.05, 3.63) is 77.2 Å². The van der Waals surface area contributed by atoms with E-state index in [9.17, 15) is 4.79 Å². The summed E-state index contributed by atoms with van der Waals surface area (Å²) >= 11 is 3.38. The quantitative estimate of drug-likeness (QED) is 0.421. The summed E-state index contributed by atoms with van der Waals surface area (Å²) in [5.74, 6) is 1.17. The summed E-state index contributed by atoms with van der Waals surface area (Å²) in [5, 5.41) is 14.0. The molecular weight excluding hydrogens is 450 g/mol. The third-order valence-electron chi connectivity index (χ3n) is 4.28. The van der Waals surface area contributed by atoms with Crippen LogP contribution in [0, 0.1) is 0 Å². The maximum atomic E-state index is 12.5. The van der Waals surface area contributed by atoms with Crippen LogP contribution in [0.15, 0.2) is 71.5 Å². The fourth-order valence-corrected chi connectivity index (χ4v) is 2.98. The molecule has 2 aromatic heterocycles. The molecule has 0 bridgehead atoms. The largest absolute Gasteiger partial charge is 0.497 e. The first-order chi connectivity index (χ1) is 14.6. The summed E-state index contributed by atoms with van der Waals surface area (Å²) in [5.41, 5.74) is 2.45. The Morgan fingerprint density at radius 2 is 1.87 bits per heavy atom. The first kappa shape index (κ1) is 19.7. The maximum Gasteiger partial charge on any atom is 0.273 e. The second-order valence-electron chi connectivity index (χ2n) is 6.35. The average molecular weight is 468 g/mol. The van der Waals surface area contributed by atoms with Crippen LogP contribution in [0.5, 0.6) is 11.5 Å². The smallest absolute Gasteiger partial charge is 0.273 e. The monoisotopic (exact) mass is 467 g/mol. The molecule has 0 radical (unpaired) electrons. The molecule has 0 aliphatic carbocycles. The van der Waals surface area contributed by atoms with Gasteiger partial charge in [0.25, 0.3) is 5.91 Å². The van der Waals surface area contributed by atoms with Crippen molar-refractivity contribution in [3.63, 3.8) is 0 Å². The highest BCUT2D eigenvalue weighted by molar-refractivity contribution is 9.10. The average Bonchev–Trinajstić information content (AvgIpc) is 3.43. The van der Waals surface area contributed by atoms with E-state index in [0.29, 0.717) is 17.1 Å². The molecule has 2 heterocycles. The van der Waals surface area contributed by atoms with Crippen LogP contribution in [0.2, 0.25) is 0 Å². The van der Waals surface area contributed by atoms with Crippen molar-refractivity contribution < 1.29 is 14.3 Å². The molecule has 0 spiro atoms. The zero-order chi connectivity index (χ0) is 20.9. The number of H-pyrrole nitrogens is 1. The van der Waals surface area contributed by atoms with E-state index in [2.05, 4.69) is 36.5 Å². The molecule has 4 aromatic rings. The molecule has 0 unspecified atom stereocenters. The van der Waals surface area contributed by atoms with Crippen molar-refractivity contribution in [2.75, 3.05) is 12.4 Å². The molecule has 152 valence electrons. The minimum atomic E-state index is -0.310. The van der Waals surface area contributed by atoms with E-state index in [1.54, 1.807) is 30.3 Å². The van der Waals surface area contributed by atoms with Gasteiger partial charge >= 0.3 is 0 Å². The molecule has 4 rings (SSSR count). The van der Waals surface area contributed by atoms with Crippen molar-refractivity contribution in [1.29, 1.82) is 0 Å². The fourth-order valence-electron chi connectivity index (χ4n) is 2.72. The molecule has 0 saturated heterocycles. The number of nitrogens with zero attached hydrogens (tertiary/aromatic N) is 3. The SMILES string of the molecule is COc1ccc(-c2cc(C(=O)Nc3cnn(COc4ccc(Br)cc4)c3)[nH]n2)cc1. The van der Waals surface area contributed by atoms with E-state index in [4.69, 9.17) is 9.47 Å². The van der Waals surface area contributed by atoms with Gasteiger partial charge < -0.3 is 14.8 Å². The number of hydrogen-bond donors (Lipinski definition) is 2. The van der Waals surface area contributed by atoms with E-state index >= 15 is 0 Å². The molecule has 30 heavy (non-hydrogen) atoms. The lowest BCUT2D eigenvalue weighted by atomic mass is 10.1. The van der Waals surface area contributed by atoms with Gasteiger partial charge in [-0.2, -0.15) is 10.2 Å². The van der Waals surface area contributed by atoms with Crippen molar-refractivity contribution in [2.45, 2.75) is 6.73 Å². The Bertz CT molecular complexity index is 1140.